The fourth-order valence-electron chi connectivity index (χ4n) is 2.62. The Morgan fingerprint density at radius 2 is 1.83 bits per heavy atom. The van der Waals surface area contributed by atoms with Crippen molar-refractivity contribution in [3.05, 3.63) is 86.3 Å². The topological polar surface area (TPSA) is 50.4 Å². The molecule has 0 fully saturated rings. The van der Waals surface area contributed by atoms with Gasteiger partial charge < -0.3 is 15.4 Å². The number of carbonyl (C=O) groups is 1. The van der Waals surface area contributed by atoms with Gasteiger partial charge in [-0.2, -0.15) is 0 Å². The molecule has 0 unspecified atom stereocenters. The van der Waals surface area contributed by atoms with Crippen molar-refractivity contribution in [1.29, 1.82) is 0 Å². The molecule has 3 rings (SSSR count). The molecule has 0 saturated carbocycles. The van der Waals surface area contributed by atoms with E-state index in [-0.39, 0.29) is 12.5 Å². The number of aryl methyl sites for hydroxylation is 1. The molecule has 3 aromatic rings. The van der Waals surface area contributed by atoms with Gasteiger partial charge in [-0.3, -0.25) is 4.79 Å². The summed E-state index contributed by atoms with van der Waals surface area (Å²) in [4.78, 5) is 12.1. The molecular formula is C22H19BrCl2N2O2. The predicted molar refractivity (Wildman–Crippen MR) is 123 cm³/mol. The lowest BCUT2D eigenvalue weighted by Crippen LogP contribution is -2.20. The molecule has 0 aliphatic carbocycles. The lowest BCUT2D eigenvalue weighted by molar-refractivity contribution is -0.118. The molecule has 0 radical (unpaired) electrons. The molecule has 0 bridgehead atoms. The van der Waals surface area contributed by atoms with Crippen LogP contribution in [0.3, 0.4) is 0 Å². The first-order valence-electron chi connectivity index (χ1n) is 8.88. The highest BCUT2D eigenvalue weighted by Crippen LogP contribution is 2.28. The molecule has 150 valence electrons. The van der Waals surface area contributed by atoms with Gasteiger partial charge in [-0.05, 0) is 70.4 Å². The zero-order valence-corrected chi connectivity index (χ0v) is 18.7. The Kier molecular flexibility index (Phi) is 7.42. The number of carbonyl (C=O) groups excluding carboxylic acids is 1. The minimum Gasteiger partial charge on any atom is -0.483 e. The highest BCUT2D eigenvalue weighted by molar-refractivity contribution is 9.10. The van der Waals surface area contributed by atoms with Crippen molar-refractivity contribution in [1.82, 2.24) is 0 Å². The van der Waals surface area contributed by atoms with E-state index in [1.807, 2.05) is 55.5 Å². The standard InChI is InChI=1S/C22H19BrCl2N2O2/c1-14-4-2-3-5-20(14)27-22(28)13-29-21-9-6-15(10-17(21)23)12-26-16-7-8-18(24)19(25)11-16/h2-11,26H,12-13H2,1H3,(H,27,28). The van der Waals surface area contributed by atoms with Crippen LogP contribution in [0, 0.1) is 6.92 Å². The van der Waals surface area contributed by atoms with Gasteiger partial charge in [0.25, 0.3) is 5.91 Å². The largest absolute Gasteiger partial charge is 0.483 e. The fraction of sp³-hybridized carbons (Fsp3) is 0.136. The van der Waals surface area contributed by atoms with Gasteiger partial charge in [0.1, 0.15) is 5.75 Å². The monoisotopic (exact) mass is 492 g/mol. The quantitative estimate of drug-likeness (QED) is 0.385. The number of anilines is 2. The van der Waals surface area contributed by atoms with Crippen LogP contribution in [-0.2, 0) is 11.3 Å². The zero-order chi connectivity index (χ0) is 20.8. The van der Waals surface area contributed by atoms with Gasteiger partial charge in [-0.25, -0.2) is 0 Å². The van der Waals surface area contributed by atoms with Crippen LogP contribution >= 0.6 is 39.1 Å². The Morgan fingerprint density at radius 1 is 1.03 bits per heavy atom. The maximum atomic E-state index is 12.1. The Bertz CT molecular complexity index is 1030. The first kappa shape index (κ1) is 21.5. The molecule has 4 nitrogen and oxygen atoms in total. The molecule has 2 N–H and O–H groups in total. The van der Waals surface area contributed by atoms with Crippen molar-refractivity contribution in [3.8, 4) is 5.75 Å². The Labute approximate surface area is 188 Å². The summed E-state index contributed by atoms with van der Waals surface area (Å²) in [6.07, 6.45) is 0. The van der Waals surface area contributed by atoms with Crippen LogP contribution in [0.2, 0.25) is 10.0 Å². The average molecular weight is 494 g/mol. The maximum Gasteiger partial charge on any atom is 0.262 e. The average Bonchev–Trinajstić information content (AvgIpc) is 2.70. The SMILES string of the molecule is Cc1ccccc1NC(=O)COc1ccc(CNc2ccc(Cl)c(Cl)c2)cc1Br. The van der Waals surface area contributed by atoms with Crippen LogP contribution in [0.1, 0.15) is 11.1 Å². The summed E-state index contributed by atoms with van der Waals surface area (Å²) in [6, 6.07) is 18.7. The summed E-state index contributed by atoms with van der Waals surface area (Å²) in [7, 11) is 0. The van der Waals surface area contributed by atoms with Crippen molar-refractivity contribution < 1.29 is 9.53 Å². The highest BCUT2D eigenvalue weighted by atomic mass is 79.9. The van der Waals surface area contributed by atoms with Crippen molar-refractivity contribution in [3.63, 3.8) is 0 Å². The number of rotatable bonds is 7. The molecule has 0 aliphatic rings. The number of amides is 1. The second-order valence-electron chi connectivity index (χ2n) is 6.40. The number of hydrogen-bond donors (Lipinski definition) is 2. The van der Waals surface area contributed by atoms with Gasteiger partial charge in [0.05, 0.1) is 14.5 Å². The van der Waals surface area contributed by atoms with E-state index in [1.54, 1.807) is 12.1 Å². The summed E-state index contributed by atoms with van der Waals surface area (Å²) in [6.45, 7) is 2.47. The zero-order valence-electron chi connectivity index (χ0n) is 15.6. The third-order valence-electron chi connectivity index (χ3n) is 4.19. The van der Waals surface area contributed by atoms with Crippen LogP contribution in [0.4, 0.5) is 11.4 Å². The minimum atomic E-state index is -0.212. The van der Waals surface area contributed by atoms with Gasteiger partial charge in [0.15, 0.2) is 6.61 Å². The summed E-state index contributed by atoms with van der Waals surface area (Å²) in [5.41, 5.74) is 3.70. The number of para-hydroxylation sites is 1. The molecule has 0 aliphatic heterocycles. The Morgan fingerprint density at radius 3 is 2.55 bits per heavy atom. The molecular weight excluding hydrogens is 475 g/mol. The first-order chi connectivity index (χ1) is 13.9. The van der Waals surface area contributed by atoms with Crippen LogP contribution in [0.25, 0.3) is 0 Å². The molecule has 1 amide bonds. The molecule has 0 heterocycles. The third-order valence-corrected chi connectivity index (χ3v) is 5.55. The van der Waals surface area contributed by atoms with E-state index in [4.69, 9.17) is 27.9 Å². The number of nitrogens with one attached hydrogen (secondary N) is 2. The smallest absolute Gasteiger partial charge is 0.262 e. The number of ether oxygens (including phenoxy) is 1. The van der Waals surface area contributed by atoms with E-state index < -0.39 is 0 Å². The highest BCUT2D eigenvalue weighted by Gasteiger charge is 2.08. The summed E-state index contributed by atoms with van der Waals surface area (Å²) in [5, 5.41) is 7.16. The van der Waals surface area contributed by atoms with Gasteiger partial charge in [0, 0.05) is 17.9 Å². The van der Waals surface area contributed by atoms with Gasteiger partial charge in [-0.15, -0.1) is 0 Å². The Balaban J connectivity index is 1.54. The molecule has 0 saturated heterocycles. The summed E-state index contributed by atoms with van der Waals surface area (Å²) < 4.78 is 6.42. The van der Waals surface area contributed by atoms with Gasteiger partial charge in [-0.1, -0.05) is 47.5 Å². The van der Waals surface area contributed by atoms with E-state index in [0.29, 0.717) is 22.3 Å². The van der Waals surface area contributed by atoms with Gasteiger partial charge in [0.2, 0.25) is 0 Å². The molecule has 7 heteroatoms. The molecule has 29 heavy (non-hydrogen) atoms. The minimum absolute atomic E-state index is 0.0756. The number of benzene rings is 3. The lowest BCUT2D eigenvalue weighted by Gasteiger charge is -2.12. The third kappa shape index (κ3) is 6.13. The Hall–Kier alpha value is -2.21. The van der Waals surface area contributed by atoms with Crippen LogP contribution in [-0.4, -0.2) is 12.5 Å². The van der Waals surface area contributed by atoms with Crippen LogP contribution < -0.4 is 15.4 Å². The van der Waals surface area contributed by atoms with Crippen molar-refractivity contribution in [2.75, 3.05) is 17.2 Å². The van der Waals surface area contributed by atoms with E-state index in [9.17, 15) is 4.79 Å². The van der Waals surface area contributed by atoms with Crippen LogP contribution in [0.5, 0.6) is 5.75 Å². The molecule has 0 atom stereocenters. The van der Waals surface area contributed by atoms with Crippen molar-refractivity contribution in [2.45, 2.75) is 13.5 Å². The van der Waals surface area contributed by atoms with Crippen molar-refractivity contribution >= 4 is 56.4 Å². The predicted octanol–water partition coefficient (Wildman–Crippen LogP) is 6.69. The first-order valence-corrected chi connectivity index (χ1v) is 10.4. The second kappa shape index (κ2) is 10.0. The van der Waals surface area contributed by atoms with E-state index in [2.05, 4.69) is 26.6 Å². The molecule has 0 spiro atoms. The summed E-state index contributed by atoms with van der Waals surface area (Å²) in [5.74, 6) is 0.389. The normalized spacial score (nSPS) is 10.5. The van der Waals surface area contributed by atoms with Crippen LogP contribution in [0.15, 0.2) is 65.1 Å². The molecule has 0 aromatic heterocycles. The fourth-order valence-corrected chi connectivity index (χ4v) is 3.46. The number of halogens is 3. The van der Waals surface area contributed by atoms with E-state index in [0.717, 1.165) is 27.0 Å². The molecule has 3 aromatic carbocycles. The van der Waals surface area contributed by atoms with E-state index in [1.165, 1.54) is 0 Å². The van der Waals surface area contributed by atoms with Gasteiger partial charge >= 0.3 is 0 Å². The number of hydrogen-bond acceptors (Lipinski definition) is 3. The second-order valence-corrected chi connectivity index (χ2v) is 8.07. The lowest BCUT2D eigenvalue weighted by atomic mass is 10.2. The van der Waals surface area contributed by atoms with E-state index >= 15 is 0 Å². The maximum absolute atomic E-state index is 12.1. The van der Waals surface area contributed by atoms with Crippen molar-refractivity contribution in [2.24, 2.45) is 0 Å². The summed E-state index contributed by atoms with van der Waals surface area (Å²) >= 11 is 15.5.